The summed E-state index contributed by atoms with van der Waals surface area (Å²) >= 11 is 1.46. The van der Waals surface area contributed by atoms with E-state index in [-0.39, 0.29) is 23.7 Å². The van der Waals surface area contributed by atoms with Gasteiger partial charge in [0, 0.05) is 4.88 Å². The Morgan fingerprint density at radius 1 is 1.15 bits per heavy atom. The zero-order valence-corrected chi connectivity index (χ0v) is 15.8. The van der Waals surface area contributed by atoms with E-state index in [4.69, 9.17) is 5.73 Å². The fourth-order valence-electron chi connectivity index (χ4n) is 6.01. The molecule has 3 aliphatic carbocycles. The lowest BCUT2D eigenvalue weighted by Crippen LogP contribution is -2.33. The van der Waals surface area contributed by atoms with E-state index in [1.165, 1.54) is 16.2 Å². The summed E-state index contributed by atoms with van der Waals surface area (Å²) in [6, 6.07) is 0. The van der Waals surface area contributed by atoms with Crippen molar-refractivity contribution < 1.29 is 14.4 Å². The van der Waals surface area contributed by atoms with Crippen LogP contribution in [0.15, 0.2) is 0 Å². The number of carbonyl (C=O) groups is 3. The average molecular weight is 372 g/mol. The van der Waals surface area contributed by atoms with Gasteiger partial charge in [-0.15, -0.1) is 11.3 Å². The lowest BCUT2D eigenvalue weighted by Gasteiger charge is -2.20. The molecule has 1 saturated heterocycles. The van der Waals surface area contributed by atoms with Crippen molar-refractivity contribution in [1.82, 2.24) is 0 Å². The molecule has 6 heteroatoms. The van der Waals surface area contributed by atoms with Gasteiger partial charge >= 0.3 is 0 Å². The fraction of sp³-hybridized carbons (Fsp3) is 0.650. The SMILES string of the molecule is CC[C@@H]1CCc2c(sc(N3C(=O)[C@H]4[C@@H]5CC[C@H](C5)[C@@H]4C3=O)c2C(N)=O)C1. The third-order valence-electron chi connectivity index (χ3n) is 7.30. The molecule has 138 valence electrons. The second-order valence-electron chi connectivity index (χ2n) is 8.46. The third kappa shape index (κ3) is 2.05. The normalized spacial score (nSPS) is 35.1. The molecular weight excluding hydrogens is 348 g/mol. The van der Waals surface area contributed by atoms with Gasteiger partial charge in [-0.3, -0.25) is 14.4 Å². The van der Waals surface area contributed by atoms with Crippen molar-refractivity contribution >= 4 is 34.1 Å². The van der Waals surface area contributed by atoms with Crippen LogP contribution in [0.2, 0.25) is 0 Å². The molecule has 0 aromatic carbocycles. The molecule has 26 heavy (non-hydrogen) atoms. The number of nitrogens with two attached hydrogens (primary N) is 1. The molecule has 2 saturated carbocycles. The highest BCUT2D eigenvalue weighted by Crippen LogP contribution is 2.57. The maximum absolute atomic E-state index is 13.2. The highest BCUT2D eigenvalue weighted by atomic mass is 32.1. The molecule has 1 aromatic heterocycles. The summed E-state index contributed by atoms with van der Waals surface area (Å²) in [6.45, 7) is 2.18. The molecule has 2 bridgehead atoms. The van der Waals surface area contributed by atoms with Gasteiger partial charge in [0.05, 0.1) is 17.4 Å². The second-order valence-corrected chi connectivity index (χ2v) is 9.55. The van der Waals surface area contributed by atoms with E-state index in [9.17, 15) is 14.4 Å². The molecule has 5 rings (SSSR count). The minimum atomic E-state index is -0.506. The van der Waals surface area contributed by atoms with Crippen molar-refractivity contribution in [2.24, 2.45) is 35.3 Å². The number of primary amides is 1. The van der Waals surface area contributed by atoms with Crippen LogP contribution < -0.4 is 10.6 Å². The summed E-state index contributed by atoms with van der Waals surface area (Å²) in [7, 11) is 0. The van der Waals surface area contributed by atoms with E-state index >= 15 is 0 Å². The van der Waals surface area contributed by atoms with Crippen molar-refractivity contribution in [3.8, 4) is 0 Å². The van der Waals surface area contributed by atoms with Gasteiger partial charge in [-0.05, 0) is 61.8 Å². The van der Waals surface area contributed by atoms with Crippen LogP contribution >= 0.6 is 11.3 Å². The predicted octanol–water partition coefficient (Wildman–Crippen LogP) is 2.90. The Labute approximate surface area is 156 Å². The predicted molar refractivity (Wildman–Crippen MR) is 98.9 cm³/mol. The number of hydrogen-bond acceptors (Lipinski definition) is 4. The number of carbonyl (C=O) groups excluding carboxylic acids is 3. The molecule has 2 N–H and O–H groups in total. The van der Waals surface area contributed by atoms with E-state index in [1.807, 2.05) is 0 Å². The first-order chi connectivity index (χ1) is 12.5. The molecule has 4 aliphatic rings. The highest BCUT2D eigenvalue weighted by molar-refractivity contribution is 7.17. The Hall–Kier alpha value is -1.69. The first kappa shape index (κ1) is 16.5. The maximum Gasteiger partial charge on any atom is 0.252 e. The van der Waals surface area contributed by atoms with E-state index in [0.717, 1.165) is 55.4 Å². The van der Waals surface area contributed by atoms with Crippen molar-refractivity contribution in [2.45, 2.75) is 51.9 Å². The molecule has 1 aromatic rings. The van der Waals surface area contributed by atoms with E-state index in [0.29, 0.717) is 28.3 Å². The fourth-order valence-corrected chi connectivity index (χ4v) is 7.49. The topological polar surface area (TPSA) is 80.5 Å². The Morgan fingerprint density at radius 2 is 1.81 bits per heavy atom. The standard InChI is InChI=1S/C20H24N2O3S/c1-2-9-3-6-12-13(7-9)26-20(16(12)17(21)23)22-18(24)14-10-4-5-11(8-10)15(14)19(22)25/h9-11,14-15H,2-8H2,1H3,(H2,21,23)/t9-,10-,11-,14+,15+/m1/s1. The Morgan fingerprint density at radius 3 is 2.38 bits per heavy atom. The second kappa shape index (κ2) is 5.65. The number of hydrogen-bond donors (Lipinski definition) is 1. The summed E-state index contributed by atoms with van der Waals surface area (Å²) in [6.07, 6.45) is 7.01. The van der Waals surface area contributed by atoms with Crippen LogP contribution in [0.1, 0.15) is 59.8 Å². The van der Waals surface area contributed by atoms with E-state index in [1.54, 1.807) is 0 Å². The zero-order valence-electron chi connectivity index (χ0n) is 15.0. The van der Waals surface area contributed by atoms with Crippen molar-refractivity contribution in [1.29, 1.82) is 0 Å². The number of fused-ring (bicyclic) bond motifs is 6. The van der Waals surface area contributed by atoms with E-state index < -0.39 is 5.91 Å². The quantitative estimate of drug-likeness (QED) is 0.829. The minimum Gasteiger partial charge on any atom is -0.365 e. The molecule has 0 radical (unpaired) electrons. The van der Waals surface area contributed by atoms with Gasteiger partial charge in [-0.2, -0.15) is 0 Å². The summed E-state index contributed by atoms with van der Waals surface area (Å²) in [5.41, 5.74) is 7.14. The Kier molecular flexibility index (Phi) is 3.58. The summed E-state index contributed by atoms with van der Waals surface area (Å²) in [5.74, 6) is 0.308. The van der Waals surface area contributed by atoms with Crippen LogP contribution in [0.5, 0.6) is 0 Å². The molecule has 1 aliphatic heterocycles. The van der Waals surface area contributed by atoms with Crippen LogP contribution in [0, 0.1) is 29.6 Å². The summed E-state index contributed by atoms with van der Waals surface area (Å²) < 4.78 is 0. The average Bonchev–Trinajstić information content (AvgIpc) is 3.35. The smallest absolute Gasteiger partial charge is 0.252 e. The van der Waals surface area contributed by atoms with Gasteiger partial charge in [0.1, 0.15) is 5.00 Å². The van der Waals surface area contributed by atoms with Gasteiger partial charge in [-0.25, -0.2) is 4.90 Å². The lowest BCUT2D eigenvalue weighted by molar-refractivity contribution is -0.123. The van der Waals surface area contributed by atoms with Crippen molar-refractivity contribution in [3.05, 3.63) is 16.0 Å². The molecule has 2 heterocycles. The van der Waals surface area contributed by atoms with Crippen molar-refractivity contribution in [2.75, 3.05) is 4.90 Å². The number of rotatable bonds is 3. The molecule has 5 nitrogen and oxygen atoms in total. The monoisotopic (exact) mass is 372 g/mol. The van der Waals surface area contributed by atoms with Gasteiger partial charge in [0.15, 0.2) is 0 Å². The van der Waals surface area contributed by atoms with Crippen LogP contribution in [0.25, 0.3) is 0 Å². The molecule has 5 atom stereocenters. The van der Waals surface area contributed by atoms with Crippen LogP contribution in [-0.4, -0.2) is 17.7 Å². The Bertz CT molecular complexity index is 801. The molecule has 0 unspecified atom stereocenters. The summed E-state index contributed by atoms with van der Waals surface area (Å²) in [4.78, 5) is 41.1. The first-order valence-corrected chi connectivity index (χ1v) is 10.6. The van der Waals surface area contributed by atoms with Gasteiger partial charge < -0.3 is 5.73 Å². The molecular formula is C20H24N2O3S. The number of imide groups is 1. The molecule has 3 amide bonds. The maximum atomic E-state index is 13.2. The van der Waals surface area contributed by atoms with E-state index in [2.05, 4.69) is 6.92 Å². The van der Waals surface area contributed by atoms with Gasteiger partial charge in [-0.1, -0.05) is 13.3 Å². The number of anilines is 1. The summed E-state index contributed by atoms with van der Waals surface area (Å²) in [5, 5.41) is 0.517. The van der Waals surface area contributed by atoms with Gasteiger partial charge in [0.2, 0.25) is 11.8 Å². The minimum absolute atomic E-state index is 0.0830. The number of thiophene rings is 1. The number of nitrogens with zero attached hydrogens (tertiary/aromatic N) is 1. The third-order valence-corrected chi connectivity index (χ3v) is 8.54. The zero-order chi connectivity index (χ0) is 18.2. The Balaban J connectivity index is 1.58. The largest absolute Gasteiger partial charge is 0.365 e. The molecule has 0 spiro atoms. The number of amides is 3. The molecule has 3 fully saturated rings. The van der Waals surface area contributed by atoms with Crippen LogP contribution in [-0.2, 0) is 22.4 Å². The lowest BCUT2D eigenvalue weighted by atomic mass is 9.81. The van der Waals surface area contributed by atoms with Crippen LogP contribution in [0.4, 0.5) is 5.00 Å². The van der Waals surface area contributed by atoms with Crippen molar-refractivity contribution in [3.63, 3.8) is 0 Å². The van der Waals surface area contributed by atoms with Crippen LogP contribution in [0.3, 0.4) is 0 Å². The first-order valence-electron chi connectivity index (χ1n) is 9.83. The van der Waals surface area contributed by atoms with Gasteiger partial charge in [0.25, 0.3) is 5.91 Å². The highest BCUT2D eigenvalue weighted by Gasteiger charge is 2.61.